The van der Waals surface area contributed by atoms with Crippen LogP contribution in [0.5, 0.6) is 5.75 Å². The van der Waals surface area contributed by atoms with Crippen molar-refractivity contribution in [3.05, 3.63) is 63.7 Å². The van der Waals surface area contributed by atoms with Crippen LogP contribution in [-0.2, 0) is 6.42 Å². The van der Waals surface area contributed by atoms with Crippen molar-refractivity contribution in [2.75, 3.05) is 7.11 Å². The van der Waals surface area contributed by atoms with Crippen LogP contribution in [0.2, 0.25) is 5.02 Å². The van der Waals surface area contributed by atoms with Gasteiger partial charge < -0.3 is 4.74 Å². The molecular formula is C17H21ClN2O. The third kappa shape index (κ3) is 3.76. The molecule has 0 fully saturated rings. The molecule has 3 nitrogen and oxygen atoms in total. The maximum Gasteiger partial charge on any atom is 0.122 e. The van der Waals surface area contributed by atoms with Crippen molar-refractivity contribution in [1.82, 2.24) is 5.43 Å². The number of rotatable bonds is 5. The topological polar surface area (TPSA) is 47.3 Å². The zero-order valence-corrected chi connectivity index (χ0v) is 13.4. The second kappa shape index (κ2) is 6.94. The Morgan fingerprint density at radius 1 is 1.19 bits per heavy atom. The quantitative estimate of drug-likeness (QED) is 0.654. The number of hydrogen-bond acceptors (Lipinski definition) is 3. The van der Waals surface area contributed by atoms with Crippen molar-refractivity contribution < 1.29 is 4.74 Å². The second-order valence-electron chi connectivity index (χ2n) is 5.24. The summed E-state index contributed by atoms with van der Waals surface area (Å²) in [5.74, 6) is 6.64. The Hall–Kier alpha value is -1.55. The molecule has 0 aliphatic carbocycles. The van der Waals surface area contributed by atoms with Crippen LogP contribution in [0.4, 0.5) is 0 Å². The standard InChI is InChI=1S/C17H21ClN2O/c1-11-4-7-17(21-3)13(8-11)9-16(20-19)15-10-14(18)6-5-12(15)2/h4-8,10,16,20H,9,19H2,1-3H3. The summed E-state index contributed by atoms with van der Waals surface area (Å²) in [6, 6.07) is 12.0. The van der Waals surface area contributed by atoms with Gasteiger partial charge in [-0.05, 0) is 55.2 Å². The van der Waals surface area contributed by atoms with Crippen molar-refractivity contribution in [2.24, 2.45) is 5.84 Å². The number of hydrazine groups is 1. The number of nitrogens with one attached hydrogen (secondary N) is 1. The van der Waals surface area contributed by atoms with Gasteiger partial charge in [0.05, 0.1) is 13.2 Å². The molecule has 112 valence electrons. The van der Waals surface area contributed by atoms with Crippen LogP contribution in [0.25, 0.3) is 0 Å². The molecule has 2 aromatic carbocycles. The van der Waals surface area contributed by atoms with E-state index in [-0.39, 0.29) is 6.04 Å². The van der Waals surface area contributed by atoms with Gasteiger partial charge in [0, 0.05) is 5.02 Å². The molecule has 0 saturated carbocycles. The zero-order chi connectivity index (χ0) is 15.4. The molecule has 1 unspecified atom stereocenters. The number of methoxy groups -OCH3 is 1. The molecule has 2 rings (SSSR count). The molecule has 0 saturated heterocycles. The van der Waals surface area contributed by atoms with E-state index in [1.54, 1.807) is 7.11 Å². The van der Waals surface area contributed by atoms with Gasteiger partial charge in [0.15, 0.2) is 0 Å². The monoisotopic (exact) mass is 304 g/mol. The van der Waals surface area contributed by atoms with E-state index in [1.807, 2.05) is 30.3 Å². The maximum absolute atomic E-state index is 6.11. The molecule has 0 aromatic heterocycles. The first kappa shape index (κ1) is 15.8. The van der Waals surface area contributed by atoms with Gasteiger partial charge in [-0.25, -0.2) is 0 Å². The van der Waals surface area contributed by atoms with E-state index in [2.05, 4.69) is 25.3 Å². The number of nitrogens with two attached hydrogens (primary N) is 1. The molecule has 0 radical (unpaired) electrons. The average Bonchev–Trinajstić information content (AvgIpc) is 2.47. The third-order valence-electron chi connectivity index (χ3n) is 3.68. The van der Waals surface area contributed by atoms with Crippen LogP contribution in [0, 0.1) is 13.8 Å². The highest BCUT2D eigenvalue weighted by Crippen LogP contribution is 2.28. The largest absolute Gasteiger partial charge is 0.496 e. The number of benzene rings is 2. The van der Waals surface area contributed by atoms with Crippen LogP contribution in [0.1, 0.15) is 28.3 Å². The van der Waals surface area contributed by atoms with Gasteiger partial charge in [0.25, 0.3) is 0 Å². The zero-order valence-electron chi connectivity index (χ0n) is 12.6. The summed E-state index contributed by atoms with van der Waals surface area (Å²) in [6.07, 6.45) is 0.739. The van der Waals surface area contributed by atoms with Gasteiger partial charge in [0.1, 0.15) is 5.75 Å². The highest BCUT2D eigenvalue weighted by atomic mass is 35.5. The van der Waals surface area contributed by atoms with Crippen LogP contribution in [0.15, 0.2) is 36.4 Å². The Bertz CT molecular complexity index is 628. The molecule has 3 N–H and O–H groups in total. The Kier molecular flexibility index (Phi) is 5.23. The normalized spacial score (nSPS) is 12.2. The minimum absolute atomic E-state index is 0.0144. The predicted octanol–water partition coefficient (Wildman–Crippen LogP) is 3.71. The number of hydrogen-bond donors (Lipinski definition) is 2. The summed E-state index contributed by atoms with van der Waals surface area (Å²) in [7, 11) is 1.68. The lowest BCUT2D eigenvalue weighted by atomic mass is 9.94. The van der Waals surface area contributed by atoms with Gasteiger partial charge in [-0.2, -0.15) is 0 Å². The third-order valence-corrected chi connectivity index (χ3v) is 3.91. The molecular weight excluding hydrogens is 284 g/mol. The summed E-state index contributed by atoms with van der Waals surface area (Å²) in [4.78, 5) is 0. The molecule has 0 heterocycles. The van der Waals surface area contributed by atoms with Crippen LogP contribution in [0.3, 0.4) is 0 Å². The molecule has 0 aliphatic rings. The minimum Gasteiger partial charge on any atom is -0.496 e. The molecule has 4 heteroatoms. The van der Waals surface area contributed by atoms with Crippen LogP contribution >= 0.6 is 11.6 Å². The van der Waals surface area contributed by atoms with E-state index in [4.69, 9.17) is 22.2 Å². The molecule has 0 spiro atoms. The summed E-state index contributed by atoms with van der Waals surface area (Å²) in [6.45, 7) is 4.13. The predicted molar refractivity (Wildman–Crippen MR) is 87.7 cm³/mol. The Labute approximate surface area is 131 Å². The first-order valence-electron chi connectivity index (χ1n) is 6.91. The minimum atomic E-state index is -0.0144. The van der Waals surface area contributed by atoms with Crippen LogP contribution in [-0.4, -0.2) is 7.11 Å². The first-order valence-corrected chi connectivity index (χ1v) is 7.28. The van der Waals surface area contributed by atoms with E-state index in [0.717, 1.165) is 28.9 Å². The van der Waals surface area contributed by atoms with Crippen molar-refractivity contribution in [3.63, 3.8) is 0 Å². The van der Waals surface area contributed by atoms with Gasteiger partial charge in [-0.1, -0.05) is 35.4 Å². The number of ether oxygens (including phenoxy) is 1. The summed E-state index contributed by atoms with van der Waals surface area (Å²) >= 11 is 6.11. The lowest BCUT2D eigenvalue weighted by Crippen LogP contribution is -2.30. The van der Waals surface area contributed by atoms with E-state index in [1.165, 1.54) is 5.56 Å². The van der Waals surface area contributed by atoms with E-state index >= 15 is 0 Å². The summed E-state index contributed by atoms with van der Waals surface area (Å²) in [5.41, 5.74) is 7.48. The van der Waals surface area contributed by atoms with Gasteiger partial charge >= 0.3 is 0 Å². The van der Waals surface area contributed by atoms with Gasteiger partial charge in [-0.3, -0.25) is 11.3 Å². The molecule has 0 aliphatic heterocycles. The lowest BCUT2D eigenvalue weighted by Gasteiger charge is -2.20. The highest BCUT2D eigenvalue weighted by Gasteiger charge is 2.16. The SMILES string of the molecule is COc1ccc(C)cc1CC(NN)c1cc(Cl)ccc1C. The van der Waals surface area contributed by atoms with Crippen molar-refractivity contribution in [2.45, 2.75) is 26.3 Å². The lowest BCUT2D eigenvalue weighted by molar-refractivity contribution is 0.405. The van der Waals surface area contributed by atoms with E-state index in [9.17, 15) is 0 Å². The average molecular weight is 305 g/mol. The summed E-state index contributed by atoms with van der Waals surface area (Å²) < 4.78 is 5.44. The number of halogens is 1. The van der Waals surface area contributed by atoms with Crippen LogP contribution < -0.4 is 16.0 Å². The Morgan fingerprint density at radius 2 is 1.95 bits per heavy atom. The van der Waals surface area contributed by atoms with E-state index < -0.39 is 0 Å². The fourth-order valence-corrected chi connectivity index (χ4v) is 2.71. The maximum atomic E-state index is 6.11. The Balaban J connectivity index is 2.35. The van der Waals surface area contributed by atoms with Crippen molar-refractivity contribution >= 4 is 11.6 Å². The molecule has 1 atom stereocenters. The molecule has 2 aromatic rings. The van der Waals surface area contributed by atoms with Gasteiger partial charge in [0.2, 0.25) is 0 Å². The van der Waals surface area contributed by atoms with E-state index in [0.29, 0.717) is 5.02 Å². The van der Waals surface area contributed by atoms with Gasteiger partial charge in [-0.15, -0.1) is 0 Å². The first-order chi connectivity index (χ1) is 10.0. The molecule has 0 amide bonds. The summed E-state index contributed by atoms with van der Waals surface area (Å²) in [5, 5.41) is 0.715. The Morgan fingerprint density at radius 3 is 2.62 bits per heavy atom. The second-order valence-corrected chi connectivity index (χ2v) is 5.68. The number of aryl methyl sites for hydroxylation is 2. The van der Waals surface area contributed by atoms with Crippen molar-refractivity contribution in [1.29, 1.82) is 0 Å². The molecule has 21 heavy (non-hydrogen) atoms. The fraction of sp³-hybridized carbons (Fsp3) is 0.294. The smallest absolute Gasteiger partial charge is 0.122 e. The highest BCUT2D eigenvalue weighted by molar-refractivity contribution is 6.30. The fourth-order valence-electron chi connectivity index (χ4n) is 2.53. The van der Waals surface area contributed by atoms with Crippen molar-refractivity contribution in [3.8, 4) is 5.75 Å². The molecule has 0 bridgehead atoms.